The molecule has 0 saturated heterocycles. The second-order valence-electron chi connectivity index (χ2n) is 4.33. The normalized spacial score (nSPS) is 20.3. The van der Waals surface area contributed by atoms with Gasteiger partial charge in [0.25, 0.3) is 0 Å². The Labute approximate surface area is 73.5 Å². The molecule has 1 aliphatic rings. The summed E-state index contributed by atoms with van der Waals surface area (Å²) in [5.74, 6) is -0.113. The number of esters is 1. The number of likely N-dealkylation sites (N-methyl/N-ethyl adjacent to an activating group) is 1. The van der Waals surface area contributed by atoms with Crippen LogP contribution in [0.4, 0.5) is 0 Å². The van der Waals surface area contributed by atoms with E-state index in [-0.39, 0.29) is 17.1 Å². The van der Waals surface area contributed by atoms with Gasteiger partial charge in [0.15, 0.2) is 0 Å². The van der Waals surface area contributed by atoms with Crippen molar-refractivity contribution in [3.05, 3.63) is 0 Å². The van der Waals surface area contributed by atoms with Gasteiger partial charge in [-0.3, -0.25) is 4.79 Å². The standard InChI is InChI=1S/C9H17NO2/c1-8(2,3)12-7(11)9(10-4)5-6-9/h10H,5-6H2,1-4H3. The summed E-state index contributed by atoms with van der Waals surface area (Å²) in [6.45, 7) is 5.66. The fourth-order valence-electron chi connectivity index (χ4n) is 1.06. The maximum atomic E-state index is 11.5. The highest BCUT2D eigenvalue weighted by atomic mass is 16.6. The Balaban J connectivity index is 2.49. The van der Waals surface area contributed by atoms with Crippen molar-refractivity contribution in [1.82, 2.24) is 5.32 Å². The van der Waals surface area contributed by atoms with Crippen LogP contribution in [0, 0.1) is 0 Å². The van der Waals surface area contributed by atoms with Crippen LogP contribution in [-0.4, -0.2) is 24.2 Å². The first-order valence-corrected chi connectivity index (χ1v) is 4.32. The monoisotopic (exact) mass is 171 g/mol. The zero-order valence-corrected chi connectivity index (χ0v) is 8.23. The SMILES string of the molecule is CNC1(C(=O)OC(C)(C)C)CC1. The van der Waals surface area contributed by atoms with E-state index in [0.717, 1.165) is 12.8 Å². The summed E-state index contributed by atoms with van der Waals surface area (Å²) in [5.41, 5.74) is -0.725. The Morgan fingerprint density at radius 3 is 2.17 bits per heavy atom. The van der Waals surface area contributed by atoms with Crippen molar-refractivity contribution in [2.24, 2.45) is 0 Å². The summed E-state index contributed by atoms with van der Waals surface area (Å²) in [5, 5.41) is 3.00. The van der Waals surface area contributed by atoms with Crippen LogP contribution in [0.1, 0.15) is 33.6 Å². The van der Waals surface area contributed by atoms with E-state index in [1.807, 2.05) is 20.8 Å². The molecule has 1 fully saturated rings. The number of carbonyl (C=O) groups is 1. The Morgan fingerprint density at radius 2 is 1.92 bits per heavy atom. The molecule has 0 aromatic heterocycles. The zero-order valence-electron chi connectivity index (χ0n) is 8.23. The molecule has 3 heteroatoms. The average Bonchev–Trinajstić information content (AvgIpc) is 2.62. The van der Waals surface area contributed by atoms with Crippen LogP contribution in [0.25, 0.3) is 0 Å². The van der Waals surface area contributed by atoms with Crippen molar-refractivity contribution in [2.75, 3.05) is 7.05 Å². The highest BCUT2D eigenvalue weighted by Gasteiger charge is 2.51. The van der Waals surface area contributed by atoms with E-state index in [4.69, 9.17) is 4.74 Å². The minimum atomic E-state index is -0.372. The molecule has 70 valence electrons. The first-order valence-electron chi connectivity index (χ1n) is 4.32. The highest BCUT2D eigenvalue weighted by molar-refractivity contribution is 5.84. The summed E-state index contributed by atoms with van der Waals surface area (Å²) in [6.07, 6.45) is 1.80. The molecule has 1 saturated carbocycles. The molecule has 0 aromatic carbocycles. The minimum Gasteiger partial charge on any atom is -0.459 e. The third-order valence-corrected chi connectivity index (χ3v) is 2.02. The first-order chi connectivity index (χ1) is 5.40. The average molecular weight is 171 g/mol. The van der Waals surface area contributed by atoms with E-state index in [2.05, 4.69) is 5.32 Å². The van der Waals surface area contributed by atoms with Crippen LogP contribution in [0.15, 0.2) is 0 Å². The molecule has 1 rings (SSSR count). The lowest BCUT2D eigenvalue weighted by molar-refractivity contribution is -0.158. The van der Waals surface area contributed by atoms with Gasteiger partial charge < -0.3 is 10.1 Å². The molecule has 0 unspecified atom stereocenters. The third-order valence-electron chi connectivity index (χ3n) is 2.02. The van der Waals surface area contributed by atoms with Crippen LogP contribution in [-0.2, 0) is 9.53 Å². The lowest BCUT2D eigenvalue weighted by atomic mass is 10.2. The molecule has 0 atom stereocenters. The van der Waals surface area contributed by atoms with Crippen molar-refractivity contribution in [1.29, 1.82) is 0 Å². The topological polar surface area (TPSA) is 38.3 Å². The smallest absolute Gasteiger partial charge is 0.326 e. The van der Waals surface area contributed by atoms with Gasteiger partial charge in [-0.05, 0) is 40.7 Å². The van der Waals surface area contributed by atoms with E-state index in [1.165, 1.54) is 0 Å². The van der Waals surface area contributed by atoms with E-state index in [1.54, 1.807) is 7.05 Å². The van der Waals surface area contributed by atoms with Gasteiger partial charge in [0.1, 0.15) is 11.1 Å². The van der Waals surface area contributed by atoms with Crippen LogP contribution >= 0.6 is 0 Å². The summed E-state index contributed by atoms with van der Waals surface area (Å²) in [4.78, 5) is 11.5. The number of hydrogen-bond donors (Lipinski definition) is 1. The predicted molar refractivity (Wildman–Crippen MR) is 46.9 cm³/mol. The minimum absolute atomic E-state index is 0.113. The van der Waals surface area contributed by atoms with Gasteiger partial charge in [0.2, 0.25) is 0 Å². The molecule has 0 aromatic rings. The van der Waals surface area contributed by atoms with Crippen molar-refractivity contribution < 1.29 is 9.53 Å². The Bertz CT molecular complexity index is 189. The predicted octanol–water partition coefficient (Wildman–Crippen LogP) is 1.08. The Kier molecular flexibility index (Phi) is 2.17. The van der Waals surface area contributed by atoms with Crippen LogP contribution in [0.2, 0.25) is 0 Å². The van der Waals surface area contributed by atoms with Crippen LogP contribution in [0.3, 0.4) is 0 Å². The van der Waals surface area contributed by atoms with Gasteiger partial charge in [-0.15, -0.1) is 0 Å². The van der Waals surface area contributed by atoms with E-state index in [0.29, 0.717) is 0 Å². The molecule has 0 aliphatic heterocycles. The summed E-state index contributed by atoms with van der Waals surface area (Å²) in [7, 11) is 1.80. The van der Waals surface area contributed by atoms with Gasteiger partial charge in [-0.2, -0.15) is 0 Å². The number of nitrogens with one attached hydrogen (secondary N) is 1. The Morgan fingerprint density at radius 1 is 1.42 bits per heavy atom. The molecule has 1 N–H and O–H groups in total. The van der Waals surface area contributed by atoms with E-state index < -0.39 is 0 Å². The number of carbonyl (C=O) groups excluding carboxylic acids is 1. The van der Waals surface area contributed by atoms with Crippen LogP contribution in [0.5, 0.6) is 0 Å². The molecular formula is C9H17NO2. The van der Waals surface area contributed by atoms with Crippen molar-refractivity contribution in [3.63, 3.8) is 0 Å². The molecule has 0 heterocycles. The fourth-order valence-corrected chi connectivity index (χ4v) is 1.06. The van der Waals surface area contributed by atoms with Crippen molar-refractivity contribution >= 4 is 5.97 Å². The zero-order chi connectivity index (χ0) is 9.41. The molecular weight excluding hydrogens is 154 g/mol. The quantitative estimate of drug-likeness (QED) is 0.632. The van der Waals surface area contributed by atoms with Gasteiger partial charge in [-0.1, -0.05) is 0 Å². The maximum absolute atomic E-state index is 11.5. The molecule has 0 bridgehead atoms. The summed E-state index contributed by atoms with van der Waals surface area (Å²) < 4.78 is 5.25. The van der Waals surface area contributed by atoms with Gasteiger partial charge in [-0.25, -0.2) is 0 Å². The lowest BCUT2D eigenvalue weighted by Gasteiger charge is -2.23. The summed E-state index contributed by atoms with van der Waals surface area (Å²) >= 11 is 0. The lowest BCUT2D eigenvalue weighted by Crippen LogP contribution is -2.41. The maximum Gasteiger partial charge on any atom is 0.326 e. The largest absolute Gasteiger partial charge is 0.459 e. The van der Waals surface area contributed by atoms with E-state index in [9.17, 15) is 4.79 Å². The number of rotatable bonds is 2. The Hall–Kier alpha value is -0.570. The molecule has 0 spiro atoms. The molecule has 0 radical (unpaired) electrons. The van der Waals surface area contributed by atoms with Crippen molar-refractivity contribution in [2.45, 2.75) is 44.8 Å². The number of ether oxygens (including phenoxy) is 1. The molecule has 3 nitrogen and oxygen atoms in total. The van der Waals surface area contributed by atoms with Crippen LogP contribution < -0.4 is 5.32 Å². The second-order valence-corrected chi connectivity index (χ2v) is 4.33. The van der Waals surface area contributed by atoms with Gasteiger partial charge >= 0.3 is 5.97 Å². The molecule has 12 heavy (non-hydrogen) atoms. The first kappa shape index (κ1) is 9.52. The third kappa shape index (κ3) is 1.97. The molecule has 0 amide bonds. The summed E-state index contributed by atoms with van der Waals surface area (Å²) in [6, 6.07) is 0. The van der Waals surface area contributed by atoms with Gasteiger partial charge in [0.05, 0.1) is 0 Å². The second kappa shape index (κ2) is 2.73. The highest BCUT2D eigenvalue weighted by Crippen LogP contribution is 2.37. The molecule has 1 aliphatic carbocycles. The number of hydrogen-bond acceptors (Lipinski definition) is 3. The fraction of sp³-hybridized carbons (Fsp3) is 0.889. The van der Waals surface area contributed by atoms with E-state index >= 15 is 0 Å². The van der Waals surface area contributed by atoms with Crippen molar-refractivity contribution in [3.8, 4) is 0 Å². The van der Waals surface area contributed by atoms with Gasteiger partial charge in [0, 0.05) is 0 Å².